The third-order valence-corrected chi connectivity index (χ3v) is 5.31. The molecule has 0 fully saturated rings. The van der Waals surface area contributed by atoms with E-state index in [0.717, 1.165) is 29.7 Å². The molecule has 2 rings (SSSR count). The second kappa shape index (κ2) is 13.4. The van der Waals surface area contributed by atoms with E-state index in [1.807, 2.05) is 30.5 Å². The number of amides is 2. The molecule has 1 heterocycles. The summed E-state index contributed by atoms with van der Waals surface area (Å²) in [6.07, 6.45) is 13.3. The van der Waals surface area contributed by atoms with Gasteiger partial charge in [-0.1, -0.05) is 64.0 Å². The summed E-state index contributed by atoms with van der Waals surface area (Å²) in [7, 11) is 1.61. The van der Waals surface area contributed by atoms with Crippen molar-refractivity contribution in [2.45, 2.75) is 64.8 Å². The molecule has 6 nitrogen and oxygen atoms in total. The van der Waals surface area contributed by atoms with E-state index < -0.39 is 5.91 Å². The first-order valence-electron chi connectivity index (χ1n) is 11.3. The normalized spacial score (nSPS) is 10.6. The lowest BCUT2D eigenvalue weighted by Crippen LogP contribution is -2.43. The third-order valence-electron chi connectivity index (χ3n) is 5.31. The number of primary amides is 1. The Balaban J connectivity index is 1.87. The number of aromatic nitrogens is 1. The highest BCUT2D eigenvalue weighted by atomic mass is 16.5. The summed E-state index contributed by atoms with van der Waals surface area (Å²) in [6.45, 7) is 3.04. The molecule has 0 saturated heterocycles. The van der Waals surface area contributed by atoms with Gasteiger partial charge in [-0.05, 0) is 30.2 Å². The summed E-state index contributed by atoms with van der Waals surface area (Å²) in [6, 6.07) is 9.26. The van der Waals surface area contributed by atoms with Crippen LogP contribution in [-0.4, -0.2) is 25.5 Å². The van der Waals surface area contributed by atoms with Gasteiger partial charge < -0.3 is 15.8 Å². The number of ether oxygens (including phenoxy) is 1. The van der Waals surface area contributed by atoms with Gasteiger partial charge in [0.15, 0.2) is 12.4 Å². The maximum Gasteiger partial charge on any atom is 0.285 e. The van der Waals surface area contributed by atoms with Crippen molar-refractivity contribution in [3.05, 3.63) is 48.3 Å². The van der Waals surface area contributed by atoms with E-state index in [1.54, 1.807) is 23.9 Å². The lowest BCUT2D eigenvalue weighted by atomic mass is 10.1. The molecule has 0 radical (unpaired) electrons. The van der Waals surface area contributed by atoms with Gasteiger partial charge >= 0.3 is 0 Å². The van der Waals surface area contributed by atoms with Gasteiger partial charge in [0, 0.05) is 12.1 Å². The first kappa shape index (κ1) is 24.4. The fourth-order valence-electron chi connectivity index (χ4n) is 3.51. The van der Waals surface area contributed by atoms with Crippen LogP contribution >= 0.6 is 0 Å². The minimum absolute atomic E-state index is 0.0738. The Bertz CT molecular complexity index is 834. The van der Waals surface area contributed by atoms with Gasteiger partial charge in [0.25, 0.3) is 11.8 Å². The number of pyridine rings is 1. The van der Waals surface area contributed by atoms with Crippen molar-refractivity contribution in [3.63, 3.8) is 0 Å². The van der Waals surface area contributed by atoms with Crippen molar-refractivity contribution in [2.24, 2.45) is 5.73 Å². The van der Waals surface area contributed by atoms with Crippen LogP contribution in [0.3, 0.4) is 0 Å². The SMILES string of the molecule is CCCCCCCCCCNC(=O)C[n+]1cc(C(N)=O)cc(-c2ccc(OC)cc2)c1. The van der Waals surface area contributed by atoms with E-state index in [1.165, 1.54) is 38.5 Å². The first-order valence-corrected chi connectivity index (χ1v) is 11.3. The average molecular weight is 427 g/mol. The Morgan fingerprint density at radius 3 is 2.19 bits per heavy atom. The summed E-state index contributed by atoms with van der Waals surface area (Å²) in [4.78, 5) is 24.1. The number of hydrogen-bond acceptors (Lipinski definition) is 3. The number of methoxy groups -OCH3 is 1. The van der Waals surface area contributed by atoms with Crippen LogP contribution in [0.1, 0.15) is 68.6 Å². The number of nitrogens with one attached hydrogen (secondary N) is 1. The quantitative estimate of drug-likeness (QED) is 0.354. The van der Waals surface area contributed by atoms with E-state index in [-0.39, 0.29) is 12.5 Å². The van der Waals surface area contributed by atoms with Crippen LogP contribution in [0.5, 0.6) is 5.75 Å². The Labute approximate surface area is 185 Å². The van der Waals surface area contributed by atoms with Gasteiger partial charge in [0.2, 0.25) is 6.54 Å². The van der Waals surface area contributed by atoms with Crippen LogP contribution in [0, 0.1) is 0 Å². The molecule has 0 aliphatic carbocycles. The molecule has 168 valence electrons. The predicted molar refractivity (Wildman–Crippen MR) is 123 cm³/mol. The Morgan fingerprint density at radius 2 is 1.58 bits per heavy atom. The number of hydrogen-bond donors (Lipinski definition) is 2. The number of rotatable bonds is 14. The molecule has 1 aromatic carbocycles. The molecule has 0 unspecified atom stereocenters. The van der Waals surface area contributed by atoms with Crippen LogP contribution in [-0.2, 0) is 11.3 Å². The molecule has 1 aromatic heterocycles. The van der Waals surface area contributed by atoms with Crippen molar-refractivity contribution >= 4 is 11.8 Å². The second-order valence-corrected chi connectivity index (χ2v) is 7.90. The summed E-state index contributed by atoms with van der Waals surface area (Å²) in [5.74, 6) is 0.154. The molecule has 0 aliphatic heterocycles. The van der Waals surface area contributed by atoms with E-state index in [9.17, 15) is 9.59 Å². The van der Waals surface area contributed by atoms with E-state index in [0.29, 0.717) is 12.1 Å². The van der Waals surface area contributed by atoms with Crippen molar-refractivity contribution in [1.29, 1.82) is 0 Å². The fourth-order valence-corrected chi connectivity index (χ4v) is 3.51. The first-order chi connectivity index (χ1) is 15.0. The molecular formula is C25H36N3O3+. The van der Waals surface area contributed by atoms with Gasteiger partial charge in [-0.25, -0.2) is 0 Å². The largest absolute Gasteiger partial charge is 0.497 e. The number of unbranched alkanes of at least 4 members (excludes halogenated alkanes) is 7. The zero-order chi connectivity index (χ0) is 22.5. The predicted octanol–water partition coefficient (Wildman–Crippen LogP) is 4.01. The minimum Gasteiger partial charge on any atom is -0.497 e. The number of benzene rings is 1. The molecule has 6 heteroatoms. The average Bonchev–Trinajstić information content (AvgIpc) is 2.77. The Hall–Kier alpha value is -2.89. The summed E-state index contributed by atoms with van der Waals surface area (Å²) in [5.41, 5.74) is 7.59. The zero-order valence-corrected chi connectivity index (χ0v) is 18.9. The summed E-state index contributed by atoms with van der Waals surface area (Å²) < 4.78 is 6.91. The topological polar surface area (TPSA) is 85.3 Å². The van der Waals surface area contributed by atoms with Gasteiger partial charge in [0.1, 0.15) is 11.3 Å². The highest BCUT2D eigenvalue weighted by Gasteiger charge is 2.16. The van der Waals surface area contributed by atoms with Crippen LogP contribution in [0.2, 0.25) is 0 Å². The van der Waals surface area contributed by atoms with Crippen LogP contribution in [0.15, 0.2) is 42.7 Å². The second-order valence-electron chi connectivity index (χ2n) is 7.90. The van der Waals surface area contributed by atoms with E-state index >= 15 is 0 Å². The molecule has 0 aliphatic rings. The van der Waals surface area contributed by atoms with E-state index in [4.69, 9.17) is 10.5 Å². The zero-order valence-electron chi connectivity index (χ0n) is 18.9. The number of nitrogens with zero attached hydrogens (tertiary/aromatic N) is 1. The maximum atomic E-state index is 12.4. The van der Waals surface area contributed by atoms with Crippen molar-refractivity contribution < 1.29 is 18.9 Å². The van der Waals surface area contributed by atoms with Gasteiger partial charge in [-0.15, -0.1) is 0 Å². The van der Waals surface area contributed by atoms with Gasteiger partial charge in [-0.2, -0.15) is 4.57 Å². The smallest absolute Gasteiger partial charge is 0.285 e. The van der Waals surface area contributed by atoms with Crippen LogP contribution < -0.4 is 20.4 Å². The molecule has 2 amide bonds. The molecule has 0 bridgehead atoms. The fraction of sp³-hybridized carbons (Fsp3) is 0.480. The highest BCUT2D eigenvalue weighted by Crippen LogP contribution is 2.22. The highest BCUT2D eigenvalue weighted by molar-refractivity contribution is 5.93. The molecule has 31 heavy (non-hydrogen) atoms. The summed E-state index contributed by atoms with van der Waals surface area (Å²) >= 11 is 0. The molecule has 0 saturated carbocycles. The van der Waals surface area contributed by atoms with Crippen LogP contribution in [0.4, 0.5) is 0 Å². The van der Waals surface area contributed by atoms with Gasteiger partial charge in [0.05, 0.1) is 7.11 Å². The summed E-state index contributed by atoms with van der Waals surface area (Å²) in [5, 5.41) is 2.97. The lowest BCUT2D eigenvalue weighted by molar-refractivity contribution is -0.684. The van der Waals surface area contributed by atoms with E-state index in [2.05, 4.69) is 12.2 Å². The number of nitrogens with two attached hydrogens (primary N) is 1. The minimum atomic E-state index is -0.525. The number of carbonyl (C=O) groups is 2. The molecule has 0 spiro atoms. The monoisotopic (exact) mass is 426 g/mol. The standard InChI is InChI=1S/C25H35N3O3/c1-3-4-5-6-7-8-9-10-15-27-24(29)19-28-17-21(16-22(18-28)25(26)30)20-11-13-23(31-2)14-12-20/h11-14,16-18H,3-10,15,19H2,1-2H3,(H2-,26,27,29,30)/p+1. The third kappa shape index (κ3) is 8.79. The lowest BCUT2D eigenvalue weighted by Gasteiger charge is -2.07. The Morgan fingerprint density at radius 1 is 0.935 bits per heavy atom. The van der Waals surface area contributed by atoms with Crippen molar-refractivity contribution in [1.82, 2.24) is 5.32 Å². The van der Waals surface area contributed by atoms with Gasteiger partial charge in [-0.3, -0.25) is 9.59 Å². The molecule has 0 atom stereocenters. The van der Waals surface area contributed by atoms with Crippen molar-refractivity contribution in [2.75, 3.05) is 13.7 Å². The molecule has 3 N–H and O–H groups in total. The Kier molecular flexibility index (Phi) is 10.6. The van der Waals surface area contributed by atoms with Crippen molar-refractivity contribution in [3.8, 4) is 16.9 Å². The van der Waals surface area contributed by atoms with Crippen LogP contribution in [0.25, 0.3) is 11.1 Å². The molecular weight excluding hydrogens is 390 g/mol. The maximum absolute atomic E-state index is 12.4. The number of carbonyl (C=O) groups excluding carboxylic acids is 2. The molecule has 2 aromatic rings.